The summed E-state index contributed by atoms with van der Waals surface area (Å²) in [7, 11) is 4.17. The van der Waals surface area contributed by atoms with Crippen LogP contribution in [0.4, 0.5) is 0 Å². The highest BCUT2D eigenvalue weighted by atomic mass is 15.0. The lowest BCUT2D eigenvalue weighted by atomic mass is 10.0. The van der Waals surface area contributed by atoms with Crippen LogP contribution < -0.4 is 0 Å². The molecule has 0 aliphatic rings. The molecule has 0 radical (unpaired) electrons. The molecule has 110 valence electrons. The van der Waals surface area contributed by atoms with E-state index in [4.69, 9.17) is 4.98 Å². The van der Waals surface area contributed by atoms with Crippen molar-refractivity contribution in [1.82, 2.24) is 9.88 Å². The number of aromatic nitrogens is 1. The van der Waals surface area contributed by atoms with Gasteiger partial charge in [-0.25, -0.2) is 4.98 Å². The number of rotatable bonds is 4. The molecular weight excluding hydrogens is 268 g/mol. The van der Waals surface area contributed by atoms with Crippen molar-refractivity contribution in [3.8, 4) is 22.5 Å². The van der Waals surface area contributed by atoms with Crippen LogP contribution in [0.1, 0.15) is 5.56 Å². The molecule has 0 amide bonds. The van der Waals surface area contributed by atoms with E-state index in [9.17, 15) is 0 Å². The Labute approximate surface area is 132 Å². The molecule has 3 rings (SSSR count). The Balaban J connectivity index is 2.10. The molecule has 0 atom stereocenters. The second kappa shape index (κ2) is 6.54. The van der Waals surface area contributed by atoms with Gasteiger partial charge in [-0.1, -0.05) is 66.7 Å². The monoisotopic (exact) mass is 288 g/mol. The Morgan fingerprint density at radius 2 is 1.32 bits per heavy atom. The van der Waals surface area contributed by atoms with Crippen molar-refractivity contribution in [2.24, 2.45) is 0 Å². The van der Waals surface area contributed by atoms with Gasteiger partial charge in [0.15, 0.2) is 0 Å². The van der Waals surface area contributed by atoms with E-state index >= 15 is 0 Å². The van der Waals surface area contributed by atoms with Crippen LogP contribution in [0.5, 0.6) is 0 Å². The maximum Gasteiger partial charge on any atom is 0.0754 e. The second-order valence-corrected chi connectivity index (χ2v) is 5.67. The van der Waals surface area contributed by atoms with Crippen LogP contribution in [0, 0.1) is 0 Å². The number of hydrogen-bond acceptors (Lipinski definition) is 2. The van der Waals surface area contributed by atoms with Crippen molar-refractivity contribution < 1.29 is 0 Å². The van der Waals surface area contributed by atoms with Crippen molar-refractivity contribution >= 4 is 0 Å². The van der Waals surface area contributed by atoms with Crippen LogP contribution >= 0.6 is 0 Å². The smallest absolute Gasteiger partial charge is 0.0754 e. The lowest BCUT2D eigenvalue weighted by Crippen LogP contribution is -2.12. The van der Waals surface area contributed by atoms with Gasteiger partial charge in [0.25, 0.3) is 0 Å². The molecule has 2 aromatic carbocycles. The van der Waals surface area contributed by atoms with Crippen molar-refractivity contribution in [1.29, 1.82) is 0 Å². The summed E-state index contributed by atoms with van der Waals surface area (Å²) in [5.41, 5.74) is 5.64. The molecule has 22 heavy (non-hydrogen) atoms. The molecule has 2 heteroatoms. The fourth-order valence-electron chi connectivity index (χ4n) is 2.57. The zero-order valence-electron chi connectivity index (χ0n) is 13.0. The normalized spacial score (nSPS) is 10.9. The van der Waals surface area contributed by atoms with Crippen molar-refractivity contribution in [2.75, 3.05) is 14.1 Å². The Kier molecular flexibility index (Phi) is 4.31. The van der Waals surface area contributed by atoms with Gasteiger partial charge in [-0.05, 0) is 25.7 Å². The Hall–Kier alpha value is -2.45. The van der Waals surface area contributed by atoms with Crippen molar-refractivity contribution in [3.05, 3.63) is 78.4 Å². The Bertz CT molecular complexity index is 734. The van der Waals surface area contributed by atoms with Crippen LogP contribution in [0.2, 0.25) is 0 Å². The fraction of sp³-hybridized carbons (Fsp3) is 0.150. The molecule has 0 fully saturated rings. The number of pyridine rings is 1. The third kappa shape index (κ3) is 3.23. The maximum atomic E-state index is 4.94. The predicted octanol–water partition coefficient (Wildman–Crippen LogP) is 4.48. The van der Waals surface area contributed by atoms with Crippen molar-refractivity contribution in [3.63, 3.8) is 0 Å². The first kappa shape index (κ1) is 14.5. The average Bonchev–Trinajstić information content (AvgIpc) is 2.56. The molecule has 0 saturated carbocycles. The lowest BCUT2D eigenvalue weighted by molar-refractivity contribution is 0.402. The number of benzene rings is 2. The fourth-order valence-corrected chi connectivity index (χ4v) is 2.57. The molecule has 0 bridgehead atoms. The standard InChI is InChI=1S/C20H20N2/c1-22(2)15-18-13-14-19(16-9-5-3-6-10-16)21-20(18)17-11-7-4-8-12-17/h3-14H,15H2,1-2H3. The van der Waals surface area contributed by atoms with Crippen LogP contribution in [0.15, 0.2) is 72.8 Å². The van der Waals surface area contributed by atoms with Gasteiger partial charge in [0.1, 0.15) is 0 Å². The van der Waals surface area contributed by atoms with Gasteiger partial charge in [-0.3, -0.25) is 0 Å². The topological polar surface area (TPSA) is 16.1 Å². The van der Waals surface area contributed by atoms with Gasteiger partial charge >= 0.3 is 0 Å². The highest BCUT2D eigenvalue weighted by Gasteiger charge is 2.10. The molecule has 0 N–H and O–H groups in total. The molecule has 1 heterocycles. The molecular formula is C20H20N2. The maximum absolute atomic E-state index is 4.94. The molecule has 0 aliphatic carbocycles. The summed E-state index contributed by atoms with van der Waals surface area (Å²) < 4.78 is 0. The van der Waals surface area contributed by atoms with E-state index in [1.54, 1.807) is 0 Å². The quantitative estimate of drug-likeness (QED) is 0.704. The lowest BCUT2D eigenvalue weighted by Gasteiger charge is -2.15. The molecule has 0 saturated heterocycles. The summed E-state index contributed by atoms with van der Waals surface area (Å²) in [4.78, 5) is 7.11. The van der Waals surface area contributed by atoms with E-state index in [1.807, 2.05) is 24.3 Å². The number of nitrogens with zero attached hydrogens (tertiary/aromatic N) is 2. The Morgan fingerprint density at radius 1 is 0.727 bits per heavy atom. The molecule has 1 aromatic heterocycles. The van der Waals surface area contributed by atoms with Crippen LogP contribution in [-0.2, 0) is 6.54 Å². The summed E-state index contributed by atoms with van der Waals surface area (Å²) in [6.07, 6.45) is 0. The van der Waals surface area contributed by atoms with Gasteiger partial charge in [0.05, 0.1) is 11.4 Å². The van der Waals surface area contributed by atoms with E-state index in [0.717, 1.165) is 29.1 Å². The summed E-state index contributed by atoms with van der Waals surface area (Å²) in [5, 5.41) is 0. The summed E-state index contributed by atoms with van der Waals surface area (Å²) >= 11 is 0. The summed E-state index contributed by atoms with van der Waals surface area (Å²) in [5.74, 6) is 0. The highest BCUT2D eigenvalue weighted by molar-refractivity contribution is 5.68. The Morgan fingerprint density at radius 3 is 1.91 bits per heavy atom. The van der Waals surface area contributed by atoms with Crippen LogP contribution in [-0.4, -0.2) is 24.0 Å². The average molecular weight is 288 g/mol. The molecule has 2 nitrogen and oxygen atoms in total. The first-order chi connectivity index (χ1) is 10.7. The third-order valence-corrected chi connectivity index (χ3v) is 3.58. The minimum Gasteiger partial charge on any atom is -0.305 e. The second-order valence-electron chi connectivity index (χ2n) is 5.67. The van der Waals surface area contributed by atoms with E-state index in [-0.39, 0.29) is 0 Å². The zero-order valence-corrected chi connectivity index (χ0v) is 13.0. The molecule has 0 spiro atoms. The SMILES string of the molecule is CN(C)Cc1ccc(-c2ccccc2)nc1-c1ccccc1. The zero-order chi connectivity index (χ0) is 15.4. The molecule has 0 aliphatic heterocycles. The summed E-state index contributed by atoms with van der Waals surface area (Å²) in [6.45, 7) is 0.881. The summed E-state index contributed by atoms with van der Waals surface area (Å²) in [6, 6.07) is 25.0. The number of hydrogen-bond donors (Lipinski definition) is 0. The highest BCUT2D eigenvalue weighted by Crippen LogP contribution is 2.26. The predicted molar refractivity (Wildman–Crippen MR) is 92.5 cm³/mol. The van der Waals surface area contributed by atoms with Gasteiger partial charge in [-0.2, -0.15) is 0 Å². The van der Waals surface area contributed by atoms with Crippen LogP contribution in [0.25, 0.3) is 22.5 Å². The van der Waals surface area contributed by atoms with Gasteiger partial charge < -0.3 is 4.90 Å². The van der Waals surface area contributed by atoms with Gasteiger partial charge in [0, 0.05) is 17.7 Å². The molecule has 3 aromatic rings. The van der Waals surface area contributed by atoms with Crippen molar-refractivity contribution in [2.45, 2.75) is 6.54 Å². The first-order valence-corrected chi connectivity index (χ1v) is 7.49. The van der Waals surface area contributed by atoms with E-state index < -0.39 is 0 Å². The van der Waals surface area contributed by atoms with E-state index in [2.05, 4.69) is 67.5 Å². The van der Waals surface area contributed by atoms with Gasteiger partial charge in [0.2, 0.25) is 0 Å². The largest absolute Gasteiger partial charge is 0.305 e. The van der Waals surface area contributed by atoms with E-state index in [0.29, 0.717) is 0 Å². The first-order valence-electron chi connectivity index (χ1n) is 7.49. The minimum absolute atomic E-state index is 0.881. The van der Waals surface area contributed by atoms with Crippen LogP contribution in [0.3, 0.4) is 0 Å². The van der Waals surface area contributed by atoms with Gasteiger partial charge in [-0.15, -0.1) is 0 Å². The molecule has 0 unspecified atom stereocenters. The van der Waals surface area contributed by atoms with E-state index in [1.165, 1.54) is 5.56 Å². The third-order valence-electron chi connectivity index (χ3n) is 3.58. The minimum atomic E-state index is 0.881.